The molecule has 0 spiro atoms. The number of methoxy groups -OCH3 is 1. The molecule has 21 heavy (non-hydrogen) atoms. The lowest BCUT2D eigenvalue weighted by molar-refractivity contribution is -0.386. The van der Waals surface area contributed by atoms with Gasteiger partial charge in [-0.15, -0.1) is 0 Å². The minimum Gasteiger partial charge on any atom is -0.465 e. The van der Waals surface area contributed by atoms with Gasteiger partial charge in [-0.1, -0.05) is 0 Å². The van der Waals surface area contributed by atoms with E-state index in [0.29, 0.717) is 0 Å². The van der Waals surface area contributed by atoms with E-state index in [1.807, 2.05) is 0 Å². The summed E-state index contributed by atoms with van der Waals surface area (Å²) < 4.78 is 22.5. The van der Waals surface area contributed by atoms with Crippen molar-refractivity contribution in [1.82, 2.24) is 4.98 Å². The summed E-state index contributed by atoms with van der Waals surface area (Å²) in [5, 5.41) is 11.0. The minimum absolute atomic E-state index is 0.0735. The molecule has 2 rings (SSSR count). The normalized spacial score (nSPS) is 10.0. The van der Waals surface area contributed by atoms with Crippen molar-refractivity contribution < 1.29 is 23.6 Å². The number of pyridine rings is 1. The Hall–Kier alpha value is -3.03. The second kappa shape index (κ2) is 5.95. The zero-order chi connectivity index (χ0) is 15.4. The molecule has 0 saturated heterocycles. The number of carbonyl (C=O) groups excluding carboxylic acids is 1. The van der Waals surface area contributed by atoms with Crippen LogP contribution in [0, 0.1) is 15.9 Å². The highest BCUT2D eigenvalue weighted by Gasteiger charge is 2.21. The molecule has 0 fully saturated rings. The maximum Gasteiger partial charge on any atom is 0.339 e. The molecule has 7 nitrogen and oxygen atoms in total. The molecule has 108 valence electrons. The van der Waals surface area contributed by atoms with Gasteiger partial charge in [-0.05, 0) is 24.3 Å². The minimum atomic E-state index is -0.751. The van der Waals surface area contributed by atoms with E-state index >= 15 is 0 Å². The van der Waals surface area contributed by atoms with E-state index < -0.39 is 22.4 Å². The van der Waals surface area contributed by atoms with Crippen molar-refractivity contribution in [2.45, 2.75) is 0 Å². The van der Waals surface area contributed by atoms with Crippen LogP contribution in [0.2, 0.25) is 0 Å². The first-order valence-corrected chi connectivity index (χ1v) is 5.67. The fourth-order valence-electron chi connectivity index (χ4n) is 1.49. The summed E-state index contributed by atoms with van der Waals surface area (Å²) in [4.78, 5) is 25.3. The van der Waals surface area contributed by atoms with E-state index in [4.69, 9.17) is 4.74 Å². The number of aromatic nitrogens is 1. The van der Waals surface area contributed by atoms with Gasteiger partial charge in [0.25, 0.3) is 5.88 Å². The predicted octanol–water partition coefficient (Wildman–Crippen LogP) is 2.71. The number of carbonyl (C=O) groups is 1. The molecule has 0 bridgehead atoms. The van der Waals surface area contributed by atoms with Gasteiger partial charge in [-0.2, -0.15) is 0 Å². The van der Waals surface area contributed by atoms with Gasteiger partial charge in [0, 0.05) is 12.3 Å². The number of hydrogen-bond acceptors (Lipinski definition) is 6. The molecule has 0 N–H and O–H groups in total. The summed E-state index contributed by atoms with van der Waals surface area (Å²) in [5.41, 5.74) is -0.571. The highest BCUT2D eigenvalue weighted by Crippen LogP contribution is 2.29. The maximum atomic E-state index is 12.8. The van der Waals surface area contributed by atoms with Crippen LogP contribution in [0.15, 0.2) is 36.5 Å². The Morgan fingerprint density at radius 2 is 2.00 bits per heavy atom. The Bertz CT molecular complexity index is 687. The molecular formula is C13H9FN2O5. The second-order valence-corrected chi connectivity index (χ2v) is 3.85. The third-order valence-electron chi connectivity index (χ3n) is 2.48. The topological polar surface area (TPSA) is 91.6 Å². The second-order valence-electron chi connectivity index (χ2n) is 3.85. The molecule has 1 heterocycles. The molecule has 1 aromatic heterocycles. The average molecular weight is 292 g/mol. The van der Waals surface area contributed by atoms with Crippen LogP contribution in [0.3, 0.4) is 0 Å². The molecule has 1 aromatic carbocycles. The molecule has 0 aliphatic rings. The van der Waals surface area contributed by atoms with E-state index in [1.165, 1.54) is 12.1 Å². The van der Waals surface area contributed by atoms with E-state index in [1.54, 1.807) is 0 Å². The van der Waals surface area contributed by atoms with Gasteiger partial charge in [0.1, 0.15) is 11.6 Å². The van der Waals surface area contributed by atoms with Crippen molar-refractivity contribution in [3.05, 3.63) is 58.0 Å². The molecule has 0 aliphatic heterocycles. The van der Waals surface area contributed by atoms with Crippen LogP contribution in [0.4, 0.5) is 10.1 Å². The van der Waals surface area contributed by atoms with Crippen molar-refractivity contribution in [3.63, 3.8) is 0 Å². The van der Waals surface area contributed by atoms with E-state index in [-0.39, 0.29) is 17.2 Å². The molecule has 0 radical (unpaired) electrons. The van der Waals surface area contributed by atoms with Gasteiger partial charge in [0.05, 0.1) is 17.6 Å². The van der Waals surface area contributed by atoms with Crippen LogP contribution in [-0.2, 0) is 4.74 Å². The average Bonchev–Trinajstić information content (AvgIpc) is 2.49. The number of esters is 1. The van der Waals surface area contributed by atoms with Crippen LogP contribution >= 0.6 is 0 Å². The summed E-state index contributed by atoms with van der Waals surface area (Å²) in [6.45, 7) is 0. The van der Waals surface area contributed by atoms with Gasteiger partial charge >= 0.3 is 11.7 Å². The Morgan fingerprint density at radius 3 is 2.57 bits per heavy atom. The van der Waals surface area contributed by atoms with Crippen LogP contribution in [-0.4, -0.2) is 23.0 Å². The fraction of sp³-hybridized carbons (Fsp3) is 0.0769. The van der Waals surface area contributed by atoms with Crippen LogP contribution in [0.5, 0.6) is 11.6 Å². The smallest absolute Gasteiger partial charge is 0.339 e. The Morgan fingerprint density at radius 1 is 1.33 bits per heavy atom. The van der Waals surface area contributed by atoms with Crippen molar-refractivity contribution >= 4 is 11.7 Å². The van der Waals surface area contributed by atoms with Crippen molar-refractivity contribution in [1.29, 1.82) is 0 Å². The monoisotopic (exact) mass is 292 g/mol. The molecule has 0 unspecified atom stereocenters. The van der Waals surface area contributed by atoms with Crippen molar-refractivity contribution in [3.8, 4) is 11.6 Å². The van der Waals surface area contributed by atoms with E-state index in [2.05, 4.69) is 9.72 Å². The Labute approximate surface area is 118 Å². The Balaban J connectivity index is 2.36. The number of halogens is 1. The molecular weight excluding hydrogens is 283 g/mol. The first kappa shape index (κ1) is 14.4. The predicted molar refractivity (Wildman–Crippen MR) is 68.7 cm³/mol. The third-order valence-corrected chi connectivity index (χ3v) is 2.48. The highest BCUT2D eigenvalue weighted by molar-refractivity contribution is 5.89. The Kier molecular flexibility index (Phi) is 4.07. The van der Waals surface area contributed by atoms with Crippen molar-refractivity contribution in [2.75, 3.05) is 7.11 Å². The summed E-state index contributed by atoms with van der Waals surface area (Å²) in [6.07, 6.45) is 1.09. The van der Waals surface area contributed by atoms with Crippen LogP contribution < -0.4 is 4.74 Å². The summed E-state index contributed by atoms with van der Waals surface area (Å²) in [5.74, 6) is -1.35. The van der Waals surface area contributed by atoms with E-state index in [9.17, 15) is 19.3 Å². The number of rotatable bonds is 4. The van der Waals surface area contributed by atoms with Crippen LogP contribution in [0.1, 0.15) is 10.4 Å². The molecule has 2 aromatic rings. The largest absolute Gasteiger partial charge is 0.465 e. The summed E-state index contributed by atoms with van der Waals surface area (Å²) in [6, 6.07) is 5.88. The molecule has 0 saturated carbocycles. The SMILES string of the molecule is COC(=O)c1cnc(Oc2ccc(F)cc2)c([N+](=O)[O-])c1. The molecule has 0 atom stereocenters. The quantitative estimate of drug-likeness (QED) is 0.488. The first-order valence-electron chi connectivity index (χ1n) is 5.67. The number of nitrogens with zero attached hydrogens (tertiary/aromatic N) is 2. The number of benzene rings is 1. The third kappa shape index (κ3) is 3.30. The molecule has 8 heteroatoms. The first-order chi connectivity index (χ1) is 10.0. The molecule has 0 aliphatic carbocycles. The van der Waals surface area contributed by atoms with Gasteiger partial charge in [-0.25, -0.2) is 14.2 Å². The number of ether oxygens (including phenoxy) is 2. The number of nitro groups is 1. The lowest BCUT2D eigenvalue weighted by atomic mass is 10.2. The van der Waals surface area contributed by atoms with Gasteiger partial charge < -0.3 is 9.47 Å². The zero-order valence-corrected chi connectivity index (χ0v) is 10.8. The van der Waals surface area contributed by atoms with Crippen molar-refractivity contribution in [2.24, 2.45) is 0 Å². The van der Waals surface area contributed by atoms with Crippen LogP contribution in [0.25, 0.3) is 0 Å². The molecule has 0 amide bonds. The highest BCUT2D eigenvalue weighted by atomic mass is 19.1. The summed E-state index contributed by atoms with van der Waals surface area (Å²) in [7, 11) is 1.15. The lowest BCUT2D eigenvalue weighted by Crippen LogP contribution is -2.04. The maximum absolute atomic E-state index is 12.8. The summed E-state index contributed by atoms with van der Waals surface area (Å²) >= 11 is 0. The van der Waals surface area contributed by atoms with Gasteiger partial charge in [-0.3, -0.25) is 10.1 Å². The van der Waals surface area contributed by atoms with E-state index in [0.717, 1.165) is 31.5 Å². The lowest BCUT2D eigenvalue weighted by Gasteiger charge is -2.06. The van der Waals surface area contributed by atoms with Gasteiger partial charge in [0.15, 0.2) is 0 Å². The van der Waals surface area contributed by atoms with Gasteiger partial charge in [0.2, 0.25) is 0 Å². The number of hydrogen-bond donors (Lipinski definition) is 0. The zero-order valence-electron chi connectivity index (χ0n) is 10.8. The fourth-order valence-corrected chi connectivity index (χ4v) is 1.49. The standard InChI is InChI=1S/C13H9FN2O5/c1-20-13(17)8-6-11(16(18)19)12(15-7-8)21-10-4-2-9(14)3-5-10/h2-7H,1H3.